The molecular weight excluding hydrogens is 352 g/mol. The summed E-state index contributed by atoms with van der Waals surface area (Å²) in [5.41, 5.74) is 3.39. The molecule has 27 heavy (non-hydrogen) atoms. The third-order valence-electron chi connectivity index (χ3n) is 5.65. The van der Waals surface area contributed by atoms with Gasteiger partial charge >= 0.3 is 0 Å². The van der Waals surface area contributed by atoms with Crippen molar-refractivity contribution in [3.05, 3.63) is 60.3 Å². The molecule has 1 fully saturated rings. The van der Waals surface area contributed by atoms with Crippen LogP contribution in [0.4, 0.5) is 0 Å². The molecule has 0 radical (unpaired) electrons. The fraction of sp³-hybridized carbons (Fsp3) is 0.261. The summed E-state index contributed by atoms with van der Waals surface area (Å²) < 4.78 is 0. The Morgan fingerprint density at radius 2 is 2.00 bits per heavy atom. The van der Waals surface area contributed by atoms with Gasteiger partial charge in [-0.1, -0.05) is 43.3 Å². The number of carbonyl (C=O) groups is 1. The predicted octanol–water partition coefficient (Wildman–Crippen LogP) is 5.97. The van der Waals surface area contributed by atoms with Crippen LogP contribution in [0.5, 0.6) is 0 Å². The SMILES string of the molecule is CCC1(C(=O)Sc2ccnc3ccc(-c4cccc(C#N)c4)cc23)CCC1. The van der Waals surface area contributed by atoms with Crippen LogP contribution in [0.3, 0.4) is 0 Å². The maximum Gasteiger partial charge on any atom is 0.199 e. The first-order chi connectivity index (χ1) is 13.1. The van der Waals surface area contributed by atoms with Crippen LogP contribution >= 0.6 is 11.8 Å². The van der Waals surface area contributed by atoms with Gasteiger partial charge in [0.05, 0.1) is 17.1 Å². The molecule has 0 N–H and O–H groups in total. The summed E-state index contributed by atoms with van der Waals surface area (Å²) >= 11 is 1.36. The number of nitriles is 1. The van der Waals surface area contributed by atoms with Crippen LogP contribution < -0.4 is 0 Å². The number of hydrogen-bond donors (Lipinski definition) is 0. The van der Waals surface area contributed by atoms with Gasteiger partial charge in [0.1, 0.15) is 0 Å². The summed E-state index contributed by atoms with van der Waals surface area (Å²) in [5.74, 6) is 0. The van der Waals surface area contributed by atoms with E-state index in [4.69, 9.17) is 5.26 Å². The summed E-state index contributed by atoms with van der Waals surface area (Å²) in [6, 6.07) is 17.8. The van der Waals surface area contributed by atoms with Crippen LogP contribution in [-0.2, 0) is 4.79 Å². The van der Waals surface area contributed by atoms with Crippen LogP contribution in [-0.4, -0.2) is 10.1 Å². The second-order valence-electron chi connectivity index (χ2n) is 7.11. The molecule has 1 heterocycles. The lowest BCUT2D eigenvalue weighted by molar-refractivity contribution is -0.124. The molecule has 134 valence electrons. The molecule has 3 nitrogen and oxygen atoms in total. The lowest BCUT2D eigenvalue weighted by Gasteiger charge is -2.39. The van der Waals surface area contributed by atoms with Crippen molar-refractivity contribution < 1.29 is 4.79 Å². The van der Waals surface area contributed by atoms with Crippen molar-refractivity contribution in [2.24, 2.45) is 5.41 Å². The summed E-state index contributed by atoms with van der Waals surface area (Å²) in [7, 11) is 0. The first kappa shape index (κ1) is 17.8. The normalized spacial score (nSPS) is 15.1. The van der Waals surface area contributed by atoms with Gasteiger partial charge in [-0.25, -0.2) is 0 Å². The van der Waals surface area contributed by atoms with Crippen molar-refractivity contribution in [3.8, 4) is 17.2 Å². The second kappa shape index (κ2) is 7.17. The maximum absolute atomic E-state index is 12.9. The summed E-state index contributed by atoms with van der Waals surface area (Å²) in [4.78, 5) is 18.4. The van der Waals surface area contributed by atoms with E-state index < -0.39 is 0 Å². The van der Waals surface area contributed by atoms with E-state index in [0.717, 1.165) is 52.6 Å². The standard InChI is InChI=1S/C23H20N2OS/c1-2-23(10-4-11-23)22(26)27-21-9-12-25-20-8-7-18(14-19(20)21)17-6-3-5-16(13-17)15-24/h3,5-9,12-14H,2,4,10-11H2,1H3. The predicted molar refractivity (Wildman–Crippen MR) is 109 cm³/mol. The molecule has 0 unspecified atom stereocenters. The highest BCUT2D eigenvalue weighted by molar-refractivity contribution is 8.14. The molecule has 0 bridgehead atoms. The van der Waals surface area contributed by atoms with Crippen molar-refractivity contribution in [1.82, 2.24) is 4.98 Å². The number of benzene rings is 2. The third kappa shape index (κ3) is 3.24. The zero-order valence-corrected chi connectivity index (χ0v) is 16.1. The lowest BCUT2D eigenvalue weighted by atomic mass is 9.68. The van der Waals surface area contributed by atoms with E-state index >= 15 is 0 Å². The number of nitrogens with zero attached hydrogens (tertiary/aromatic N) is 2. The Kier molecular flexibility index (Phi) is 4.72. The molecule has 4 rings (SSSR count). The average molecular weight is 372 g/mol. The van der Waals surface area contributed by atoms with Crippen molar-refractivity contribution >= 4 is 27.8 Å². The minimum absolute atomic E-state index is 0.140. The molecule has 0 atom stereocenters. The number of rotatable bonds is 4. The Balaban J connectivity index is 1.73. The van der Waals surface area contributed by atoms with E-state index in [0.29, 0.717) is 5.56 Å². The smallest absolute Gasteiger partial charge is 0.199 e. The van der Waals surface area contributed by atoms with E-state index in [9.17, 15) is 4.79 Å². The molecule has 3 aromatic rings. The van der Waals surface area contributed by atoms with E-state index in [1.54, 1.807) is 12.3 Å². The van der Waals surface area contributed by atoms with E-state index in [-0.39, 0.29) is 10.5 Å². The highest BCUT2D eigenvalue weighted by Crippen LogP contribution is 2.49. The van der Waals surface area contributed by atoms with Gasteiger partial charge in [-0.15, -0.1) is 0 Å². The molecule has 2 aromatic carbocycles. The number of hydrogen-bond acceptors (Lipinski definition) is 4. The molecule has 4 heteroatoms. The largest absolute Gasteiger partial charge is 0.286 e. The quantitative estimate of drug-likeness (QED) is 0.529. The van der Waals surface area contributed by atoms with Gasteiger partial charge < -0.3 is 0 Å². The first-order valence-electron chi connectivity index (χ1n) is 9.27. The lowest BCUT2D eigenvalue weighted by Crippen LogP contribution is -2.35. The second-order valence-corrected chi connectivity index (χ2v) is 8.13. The number of carbonyl (C=O) groups excluding carboxylic acids is 1. The van der Waals surface area contributed by atoms with Crippen LogP contribution in [0.15, 0.2) is 59.6 Å². The van der Waals surface area contributed by atoms with Gasteiger partial charge in [0.15, 0.2) is 5.12 Å². The summed E-state index contributed by atoms with van der Waals surface area (Å²) in [6.45, 7) is 2.11. The summed E-state index contributed by atoms with van der Waals surface area (Å²) in [5, 5.41) is 10.4. The summed E-state index contributed by atoms with van der Waals surface area (Å²) in [6.07, 6.45) is 5.84. The fourth-order valence-corrected chi connectivity index (χ4v) is 4.84. The monoisotopic (exact) mass is 372 g/mol. The van der Waals surface area contributed by atoms with Gasteiger partial charge in [-0.05, 0) is 60.7 Å². The topological polar surface area (TPSA) is 53.8 Å². The average Bonchev–Trinajstić information content (AvgIpc) is 2.67. The molecule has 1 aliphatic rings. The van der Waals surface area contributed by atoms with Crippen molar-refractivity contribution in [3.63, 3.8) is 0 Å². The van der Waals surface area contributed by atoms with E-state index in [1.807, 2.05) is 36.4 Å². The molecule has 0 aliphatic heterocycles. The molecule has 0 saturated heterocycles. The molecule has 1 aromatic heterocycles. The van der Waals surface area contributed by atoms with Crippen molar-refractivity contribution in [2.75, 3.05) is 0 Å². The van der Waals surface area contributed by atoms with Gasteiger partial charge in [0.25, 0.3) is 0 Å². The van der Waals surface area contributed by atoms with Gasteiger partial charge in [0.2, 0.25) is 0 Å². The highest BCUT2D eigenvalue weighted by Gasteiger charge is 2.42. The minimum atomic E-state index is -0.140. The molecule has 1 saturated carbocycles. The zero-order valence-electron chi connectivity index (χ0n) is 15.2. The first-order valence-corrected chi connectivity index (χ1v) is 10.1. The van der Waals surface area contributed by atoms with E-state index in [1.165, 1.54) is 11.8 Å². The zero-order chi connectivity index (χ0) is 18.9. The Bertz CT molecular complexity index is 1060. The van der Waals surface area contributed by atoms with Gasteiger partial charge in [-0.3, -0.25) is 9.78 Å². The molecule has 0 spiro atoms. The highest BCUT2D eigenvalue weighted by atomic mass is 32.2. The van der Waals surface area contributed by atoms with Gasteiger partial charge in [-0.2, -0.15) is 5.26 Å². The molecule has 0 amide bonds. The Morgan fingerprint density at radius 1 is 1.19 bits per heavy atom. The van der Waals surface area contributed by atoms with Gasteiger partial charge in [0, 0.05) is 21.9 Å². The van der Waals surface area contributed by atoms with Crippen LogP contribution in [0.1, 0.15) is 38.2 Å². The minimum Gasteiger partial charge on any atom is -0.286 e. The number of pyridine rings is 1. The van der Waals surface area contributed by atoms with Crippen LogP contribution in [0, 0.1) is 16.7 Å². The van der Waals surface area contributed by atoms with Crippen molar-refractivity contribution in [2.45, 2.75) is 37.5 Å². The van der Waals surface area contributed by atoms with Crippen molar-refractivity contribution in [1.29, 1.82) is 5.26 Å². The Morgan fingerprint density at radius 3 is 2.70 bits per heavy atom. The molecule has 1 aliphatic carbocycles. The third-order valence-corrected chi connectivity index (χ3v) is 6.84. The molecular formula is C23H20N2OS. The van der Waals surface area contributed by atoms with E-state index in [2.05, 4.69) is 24.0 Å². The van der Waals surface area contributed by atoms with Crippen LogP contribution in [0.25, 0.3) is 22.0 Å². The number of fused-ring (bicyclic) bond motifs is 1. The maximum atomic E-state index is 12.9. The number of aromatic nitrogens is 1. The Hall–Kier alpha value is -2.64. The Labute approximate surface area is 163 Å². The van der Waals surface area contributed by atoms with Crippen LogP contribution in [0.2, 0.25) is 0 Å². The number of thioether (sulfide) groups is 1. The fourth-order valence-electron chi connectivity index (χ4n) is 3.67.